The molecule has 0 aliphatic heterocycles. The van der Waals surface area contributed by atoms with Crippen molar-refractivity contribution in [2.24, 2.45) is 46.3 Å². The van der Waals surface area contributed by atoms with Crippen LogP contribution in [0.15, 0.2) is 23.8 Å². The van der Waals surface area contributed by atoms with Gasteiger partial charge >= 0.3 is 5.97 Å². The van der Waals surface area contributed by atoms with Crippen LogP contribution in [0.1, 0.15) is 111 Å². The molecule has 5 saturated carbocycles. The van der Waals surface area contributed by atoms with Crippen molar-refractivity contribution in [2.45, 2.75) is 127 Å². The molecular weight excluding hydrogens is 583 g/mol. The second-order valence-electron chi connectivity index (χ2n) is 15.5. The summed E-state index contributed by atoms with van der Waals surface area (Å²) in [4.78, 5) is 39.1. The lowest BCUT2D eigenvalue weighted by Gasteiger charge is -2.63. The Morgan fingerprint density at radius 2 is 1.60 bits per heavy atom. The number of rotatable bonds is 7. The van der Waals surface area contributed by atoms with Gasteiger partial charge in [-0.2, -0.15) is 0 Å². The van der Waals surface area contributed by atoms with Crippen LogP contribution in [0, 0.1) is 46.3 Å². The maximum Gasteiger partial charge on any atom is 0.336 e. The number of carbonyl (C=O) groups is 3. The molecule has 0 heterocycles. The molecule has 0 bridgehead atoms. The molecule has 2 unspecified atom stereocenters. The molecule has 0 radical (unpaired) electrons. The number of carboxylic acid groups (broad SMARTS) is 1. The molecule has 0 aromatic heterocycles. The number of allylic oxidation sites excluding steroid dienone is 4. The quantitative estimate of drug-likeness (QED) is 0.285. The lowest BCUT2D eigenvalue weighted by molar-refractivity contribution is -0.194. The van der Waals surface area contributed by atoms with Crippen LogP contribution in [0.2, 0.25) is 0 Å². The number of hydrogen-bond acceptors (Lipinski definition) is 4. The Hall–Kier alpha value is -1.17. The van der Waals surface area contributed by atoms with Crippen molar-refractivity contribution in [3.63, 3.8) is 0 Å². The smallest absolute Gasteiger partial charge is 0.336 e. The number of ketones is 2. The first-order chi connectivity index (χ1) is 20.4. The molecule has 6 rings (SSSR count). The number of Topliss-reactive ketones (excluding diaryl/α,β-unsaturated/α-hetero) is 1. The molecule has 6 aliphatic carbocycles. The Morgan fingerprint density at radius 1 is 1.00 bits per heavy atom. The van der Waals surface area contributed by atoms with Crippen molar-refractivity contribution in [1.29, 1.82) is 0 Å². The summed E-state index contributed by atoms with van der Waals surface area (Å²) in [6, 6.07) is 0. The Balaban J connectivity index is 1.27. The van der Waals surface area contributed by atoms with E-state index in [2.05, 4.69) is 20.8 Å². The molecule has 0 aromatic carbocycles. The van der Waals surface area contributed by atoms with Crippen molar-refractivity contribution >= 4 is 40.7 Å². The molecule has 238 valence electrons. The minimum absolute atomic E-state index is 0.0111. The van der Waals surface area contributed by atoms with Gasteiger partial charge in [-0.05, 0) is 98.5 Å². The van der Waals surface area contributed by atoms with E-state index in [-0.39, 0.29) is 64.5 Å². The highest BCUT2D eigenvalue weighted by Crippen LogP contribution is 2.71. The monoisotopic (exact) mass is 632 g/mol. The topological polar surface area (TPSA) is 80.7 Å². The van der Waals surface area contributed by atoms with Gasteiger partial charge in [-0.1, -0.05) is 70.9 Å². The molecule has 43 heavy (non-hydrogen) atoms. The van der Waals surface area contributed by atoms with Gasteiger partial charge in [0.1, 0.15) is 6.61 Å². The van der Waals surface area contributed by atoms with Gasteiger partial charge < -0.3 is 9.84 Å². The zero-order valence-electron chi connectivity index (χ0n) is 26.2. The number of alkyl halides is 2. The van der Waals surface area contributed by atoms with Crippen LogP contribution in [0.3, 0.4) is 0 Å². The number of fused-ring (bicyclic) bond motifs is 5. The van der Waals surface area contributed by atoms with Crippen molar-refractivity contribution in [3.05, 3.63) is 23.8 Å². The van der Waals surface area contributed by atoms with E-state index in [1.165, 1.54) is 0 Å². The highest BCUT2D eigenvalue weighted by Gasteiger charge is 2.70. The maximum absolute atomic E-state index is 14.4. The van der Waals surface area contributed by atoms with E-state index in [0.717, 1.165) is 89.0 Å². The summed E-state index contributed by atoms with van der Waals surface area (Å²) in [6.07, 6.45) is 18.4. The summed E-state index contributed by atoms with van der Waals surface area (Å²) in [7, 11) is 0. The van der Waals surface area contributed by atoms with Crippen molar-refractivity contribution in [1.82, 2.24) is 0 Å². The Labute approximate surface area is 267 Å². The Bertz CT molecular complexity index is 1180. The van der Waals surface area contributed by atoms with E-state index in [1.807, 2.05) is 6.08 Å². The minimum atomic E-state index is -1.28. The van der Waals surface area contributed by atoms with Crippen LogP contribution in [-0.2, 0) is 19.1 Å². The van der Waals surface area contributed by atoms with Crippen LogP contribution in [0.4, 0.5) is 0 Å². The van der Waals surface area contributed by atoms with Gasteiger partial charge in [0.05, 0.1) is 10.3 Å². The van der Waals surface area contributed by atoms with Crippen LogP contribution in [-0.4, -0.2) is 45.1 Å². The predicted octanol–water partition coefficient (Wildman–Crippen LogP) is 8.30. The summed E-state index contributed by atoms with van der Waals surface area (Å²) in [6.45, 7) is 6.40. The zero-order valence-corrected chi connectivity index (χ0v) is 27.7. The molecule has 8 atom stereocenters. The number of hydrogen-bond donors (Lipinski definition) is 1. The SMILES string of the molecule is CC1C[C@H]2[C@@H]3CCC4=CC(=O)C=C[C@]4(C)[C@@]3(Cl)C(Cl)C[C@]2(C)[C@H]1C(=O)COC(C(=O)O)(C1CCCCC1)C1CCCCC1. The van der Waals surface area contributed by atoms with E-state index >= 15 is 0 Å². The molecule has 0 amide bonds. The molecule has 0 aromatic rings. The number of halogens is 2. The molecular formula is C36H50Cl2O5. The normalized spacial score (nSPS) is 42.1. The maximum atomic E-state index is 14.4. The number of aliphatic carboxylic acids is 1. The fraction of sp³-hybridized carbons (Fsp3) is 0.806. The highest BCUT2D eigenvalue weighted by atomic mass is 35.5. The van der Waals surface area contributed by atoms with Crippen molar-refractivity contribution in [2.75, 3.05) is 6.61 Å². The van der Waals surface area contributed by atoms with Gasteiger partial charge in [0.15, 0.2) is 17.2 Å². The molecule has 6 aliphatic rings. The molecule has 5 nitrogen and oxygen atoms in total. The number of carbonyl (C=O) groups excluding carboxylic acids is 2. The third kappa shape index (κ3) is 4.75. The van der Waals surface area contributed by atoms with E-state index in [9.17, 15) is 19.5 Å². The largest absolute Gasteiger partial charge is 0.479 e. The lowest BCUT2D eigenvalue weighted by atomic mass is 9.47. The molecule has 0 spiro atoms. The summed E-state index contributed by atoms with van der Waals surface area (Å²) >= 11 is 15.1. The van der Waals surface area contributed by atoms with Crippen LogP contribution >= 0.6 is 23.2 Å². The van der Waals surface area contributed by atoms with Crippen molar-refractivity contribution in [3.8, 4) is 0 Å². The van der Waals surface area contributed by atoms with Gasteiger partial charge in [0, 0.05) is 11.3 Å². The average Bonchev–Trinajstić information content (AvgIpc) is 3.24. The van der Waals surface area contributed by atoms with E-state index < -0.39 is 21.9 Å². The fourth-order valence-electron chi connectivity index (χ4n) is 11.5. The van der Waals surface area contributed by atoms with Gasteiger partial charge in [0.25, 0.3) is 0 Å². The minimum Gasteiger partial charge on any atom is -0.479 e. The second kappa shape index (κ2) is 11.6. The summed E-state index contributed by atoms with van der Waals surface area (Å²) in [5.74, 6) is -0.705. The second-order valence-corrected chi connectivity index (χ2v) is 16.7. The first-order valence-corrected chi connectivity index (χ1v) is 17.9. The van der Waals surface area contributed by atoms with Gasteiger partial charge in [-0.25, -0.2) is 4.79 Å². The van der Waals surface area contributed by atoms with E-state index in [0.29, 0.717) is 6.42 Å². The predicted molar refractivity (Wildman–Crippen MR) is 169 cm³/mol. The molecule has 1 N–H and O–H groups in total. The summed E-state index contributed by atoms with van der Waals surface area (Å²) < 4.78 is 6.61. The van der Waals surface area contributed by atoms with Gasteiger partial charge in [-0.15, -0.1) is 23.2 Å². The molecule has 5 fully saturated rings. The summed E-state index contributed by atoms with van der Waals surface area (Å²) in [5, 5.41) is 10.4. The van der Waals surface area contributed by atoms with Crippen LogP contribution in [0.25, 0.3) is 0 Å². The third-order valence-corrected chi connectivity index (χ3v) is 15.0. The lowest BCUT2D eigenvalue weighted by Crippen LogP contribution is -2.64. The van der Waals surface area contributed by atoms with Crippen LogP contribution in [0.5, 0.6) is 0 Å². The first-order valence-electron chi connectivity index (χ1n) is 17.1. The van der Waals surface area contributed by atoms with Crippen molar-refractivity contribution < 1.29 is 24.2 Å². The fourth-order valence-corrected chi connectivity index (χ4v) is 12.8. The molecule has 7 heteroatoms. The average molecular weight is 634 g/mol. The number of ether oxygens (including phenoxy) is 1. The summed E-state index contributed by atoms with van der Waals surface area (Å²) in [5.41, 5.74) is -1.06. The highest BCUT2D eigenvalue weighted by molar-refractivity contribution is 6.34. The standard InChI is InChI=1S/C36H50Cl2O5/c1-22-18-28-27-15-14-25-19-26(39)16-17-34(25,3)36(27,38)30(37)20-33(28,2)31(22)29(40)21-43-35(32(41)42,23-10-6-4-7-11-23)24-12-8-5-9-13-24/h16-17,19,22-24,27-28,30-31H,4-15,18,20-21H2,1-3H3,(H,41,42)/t22?,27-,28-,30?,31+,33-,34-,36-/m0/s1. The molecule has 0 saturated heterocycles. The van der Waals surface area contributed by atoms with E-state index in [4.69, 9.17) is 27.9 Å². The Kier molecular flexibility index (Phi) is 8.55. The Morgan fingerprint density at radius 3 is 2.19 bits per heavy atom. The van der Waals surface area contributed by atoms with E-state index in [1.54, 1.807) is 12.2 Å². The van der Waals surface area contributed by atoms with Crippen LogP contribution < -0.4 is 0 Å². The van der Waals surface area contributed by atoms with Gasteiger partial charge in [-0.3, -0.25) is 9.59 Å². The van der Waals surface area contributed by atoms with Gasteiger partial charge in [0.2, 0.25) is 0 Å². The first kappa shape index (κ1) is 31.8. The zero-order chi connectivity index (χ0) is 30.8. The number of carboxylic acids is 1. The third-order valence-electron chi connectivity index (χ3n) is 13.5.